The normalized spacial score (nSPS) is 32.7. The minimum absolute atomic E-state index is 0.0402. The van der Waals surface area contributed by atoms with Crippen molar-refractivity contribution in [3.8, 4) is 0 Å². The van der Waals surface area contributed by atoms with Gasteiger partial charge in [0.1, 0.15) is 6.54 Å². The number of quaternary nitrogens is 1. The molecule has 0 aliphatic carbocycles. The minimum Gasteiger partial charge on any atom is -0.498 e. The van der Waals surface area contributed by atoms with Crippen molar-refractivity contribution in [2.75, 3.05) is 19.6 Å². The molecule has 0 aromatic carbocycles. The number of hydrogen-bond donors (Lipinski definition) is 0. The van der Waals surface area contributed by atoms with Crippen molar-refractivity contribution in [3.05, 3.63) is 0 Å². The predicted molar refractivity (Wildman–Crippen MR) is 69.1 cm³/mol. The molecule has 2 aliphatic rings. The summed E-state index contributed by atoms with van der Waals surface area (Å²) >= 11 is 0. The largest absolute Gasteiger partial charge is 0.498 e. The molecule has 1 unspecified atom stereocenters. The molecule has 0 spiro atoms. The Morgan fingerprint density at radius 1 is 1.37 bits per heavy atom. The van der Waals surface area contributed by atoms with Gasteiger partial charge in [-0.1, -0.05) is 0 Å². The van der Waals surface area contributed by atoms with Crippen LogP contribution in [-0.4, -0.2) is 52.6 Å². The van der Waals surface area contributed by atoms with Crippen LogP contribution in [0.5, 0.6) is 0 Å². The number of amides is 2. The van der Waals surface area contributed by atoms with E-state index in [0.29, 0.717) is 19.5 Å². The van der Waals surface area contributed by atoms with Crippen LogP contribution in [0.1, 0.15) is 46.5 Å². The third-order valence-corrected chi connectivity index (χ3v) is 4.78. The molecule has 2 aliphatic heterocycles. The van der Waals surface area contributed by atoms with Crippen LogP contribution >= 0.6 is 0 Å². The second-order valence-corrected chi connectivity index (χ2v) is 6.80. The van der Waals surface area contributed by atoms with Crippen LogP contribution in [-0.2, 0) is 4.79 Å². The van der Waals surface area contributed by atoms with Crippen molar-refractivity contribution in [2.24, 2.45) is 0 Å². The van der Waals surface area contributed by atoms with Crippen LogP contribution in [0.25, 0.3) is 0 Å². The Labute approximate surface area is 114 Å². The van der Waals surface area contributed by atoms with Gasteiger partial charge in [0.05, 0.1) is 18.1 Å². The zero-order valence-corrected chi connectivity index (χ0v) is 12.1. The van der Waals surface area contributed by atoms with Gasteiger partial charge in [-0.15, -0.1) is 0 Å². The van der Waals surface area contributed by atoms with Crippen molar-refractivity contribution >= 4 is 12.0 Å². The standard InChI is InChI=1S/C14H24N2O3/c1-14(2,3)16(13(18)19)9-5-6-11(10-16)15-8-4-7-12(15)17/h11H,4-10H2,1-3H3/t11-,16?/m1/s1. The molecule has 5 nitrogen and oxygen atoms in total. The first-order valence-corrected chi connectivity index (χ1v) is 7.16. The topological polar surface area (TPSA) is 60.4 Å². The Kier molecular flexibility index (Phi) is 3.60. The second-order valence-electron chi connectivity index (χ2n) is 6.80. The number of rotatable bonds is 1. The van der Waals surface area contributed by atoms with Gasteiger partial charge in [0.2, 0.25) is 5.91 Å². The highest BCUT2D eigenvalue weighted by Crippen LogP contribution is 2.33. The third-order valence-electron chi connectivity index (χ3n) is 4.78. The van der Waals surface area contributed by atoms with E-state index in [1.807, 2.05) is 25.7 Å². The van der Waals surface area contributed by atoms with E-state index in [-0.39, 0.29) is 16.4 Å². The highest BCUT2D eigenvalue weighted by Gasteiger charge is 2.48. The van der Waals surface area contributed by atoms with E-state index in [0.717, 1.165) is 25.8 Å². The van der Waals surface area contributed by atoms with Gasteiger partial charge in [-0.25, -0.2) is 0 Å². The molecule has 5 heteroatoms. The summed E-state index contributed by atoms with van der Waals surface area (Å²) in [7, 11) is 0. The summed E-state index contributed by atoms with van der Waals surface area (Å²) in [5, 5.41) is 11.7. The Morgan fingerprint density at radius 2 is 2.05 bits per heavy atom. The van der Waals surface area contributed by atoms with Crippen molar-refractivity contribution in [1.29, 1.82) is 0 Å². The van der Waals surface area contributed by atoms with Crippen molar-refractivity contribution in [1.82, 2.24) is 4.90 Å². The summed E-state index contributed by atoms with van der Waals surface area (Å²) in [6, 6.07) is 0.0564. The number of nitrogens with zero attached hydrogens (tertiary/aromatic N) is 2. The number of carbonyl (C=O) groups is 2. The van der Waals surface area contributed by atoms with Crippen molar-refractivity contribution < 1.29 is 19.2 Å². The van der Waals surface area contributed by atoms with E-state index in [1.54, 1.807) is 0 Å². The zero-order valence-electron chi connectivity index (χ0n) is 12.1. The molecular formula is C14H24N2O3. The summed E-state index contributed by atoms with van der Waals surface area (Å²) in [5.74, 6) is 0.178. The molecular weight excluding hydrogens is 244 g/mol. The van der Waals surface area contributed by atoms with Crippen molar-refractivity contribution in [3.63, 3.8) is 0 Å². The summed E-state index contributed by atoms with van der Waals surface area (Å²) < 4.78 is -0.0402. The number of carboxylic acid groups (broad SMARTS) is 1. The van der Waals surface area contributed by atoms with Gasteiger partial charge in [0.25, 0.3) is 6.09 Å². The van der Waals surface area contributed by atoms with Gasteiger partial charge < -0.3 is 14.8 Å². The van der Waals surface area contributed by atoms with Gasteiger partial charge in [0, 0.05) is 13.0 Å². The molecule has 0 N–H and O–H groups in total. The van der Waals surface area contributed by atoms with E-state index >= 15 is 0 Å². The lowest BCUT2D eigenvalue weighted by atomic mass is 9.93. The maximum Gasteiger partial charge on any atom is 0.257 e. The van der Waals surface area contributed by atoms with Gasteiger partial charge >= 0.3 is 0 Å². The molecule has 2 fully saturated rings. The fourth-order valence-corrected chi connectivity index (χ4v) is 3.50. The van der Waals surface area contributed by atoms with Crippen LogP contribution in [0.15, 0.2) is 0 Å². The summed E-state index contributed by atoms with van der Waals surface area (Å²) in [6.07, 6.45) is 2.24. The quantitative estimate of drug-likeness (QED) is 0.659. The minimum atomic E-state index is -1.01. The van der Waals surface area contributed by atoms with Gasteiger partial charge in [-0.3, -0.25) is 9.28 Å². The van der Waals surface area contributed by atoms with Gasteiger partial charge in [-0.2, -0.15) is 0 Å². The fraction of sp³-hybridized carbons (Fsp3) is 0.857. The number of piperidine rings is 1. The average Bonchev–Trinajstić information content (AvgIpc) is 2.74. The third kappa shape index (κ3) is 2.36. The molecule has 2 rings (SSSR count). The lowest BCUT2D eigenvalue weighted by Crippen LogP contribution is -2.72. The Morgan fingerprint density at radius 3 is 2.53 bits per heavy atom. The van der Waals surface area contributed by atoms with E-state index in [1.165, 1.54) is 0 Å². The molecule has 0 aromatic rings. The number of likely N-dealkylation sites (tertiary alicyclic amines) is 2. The first-order chi connectivity index (χ1) is 8.78. The van der Waals surface area contributed by atoms with Crippen LogP contribution in [0.4, 0.5) is 4.79 Å². The highest BCUT2D eigenvalue weighted by atomic mass is 16.4. The molecule has 2 saturated heterocycles. The van der Waals surface area contributed by atoms with E-state index < -0.39 is 11.6 Å². The predicted octanol–water partition coefficient (Wildman–Crippen LogP) is 0.730. The smallest absolute Gasteiger partial charge is 0.257 e. The molecule has 108 valence electrons. The van der Waals surface area contributed by atoms with E-state index in [2.05, 4.69) is 0 Å². The summed E-state index contributed by atoms with van der Waals surface area (Å²) in [5.41, 5.74) is -0.403. The maximum absolute atomic E-state index is 11.9. The SMILES string of the molecule is CC(C)(C)[N+]1(C(=O)[O-])CCC[C@@H](N2CCCC2=O)C1. The molecule has 0 aromatic heterocycles. The fourth-order valence-electron chi connectivity index (χ4n) is 3.50. The van der Waals surface area contributed by atoms with Gasteiger partial charge in [0.15, 0.2) is 0 Å². The lowest BCUT2D eigenvalue weighted by Gasteiger charge is -2.53. The first-order valence-electron chi connectivity index (χ1n) is 7.16. The molecule has 2 atom stereocenters. The number of hydrogen-bond acceptors (Lipinski definition) is 3. The molecule has 0 bridgehead atoms. The Balaban J connectivity index is 2.23. The Bertz CT molecular complexity index is 389. The maximum atomic E-state index is 11.9. The average molecular weight is 268 g/mol. The monoisotopic (exact) mass is 268 g/mol. The van der Waals surface area contributed by atoms with Crippen LogP contribution in [0.3, 0.4) is 0 Å². The summed E-state index contributed by atoms with van der Waals surface area (Å²) in [4.78, 5) is 25.5. The first kappa shape index (κ1) is 14.3. The molecule has 2 amide bonds. The summed E-state index contributed by atoms with van der Waals surface area (Å²) in [6.45, 7) is 7.69. The highest BCUT2D eigenvalue weighted by molar-refractivity contribution is 5.78. The van der Waals surface area contributed by atoms with E-state index in [4.69, 9.17) is 0 Å². The van der Waals surface area contributed by atoms with Crippen LogP contribution in [0, 0.1) is 0 Å². The lowest BCUT2D eigenvalue weighted by molar-refractivity contribution is -0.925. The zero-order chi connectivity index (χ0) is 14.3. The molecule has 2 heterocycles. The molecule has 0 radical (unpaired) electrons. The van der Waals surface area contributed by atoms with Crippen LogP contribution < -0.4 is 5.11 Å². The molecule has 0 saturated carbocycles. The van der Waals surface area contributed by atoms with Gasteiger partial charge in [-0.05, 0) is 40.0 Å². The molecule has 19 heavy (non-hydrogen) atoms. The van der Waals surface area contributed by atoms with E-state index in [9.17, 15) is 14.7 Å². The Hall–Kier alpha value is -1.10. The van der Waals surface area contributed by atoms with Crippen molar-refractivity contribution in [2.45, 2.75) is 58.0 Å². The second kappa shape index (κ2) is 4.78. The van der Waals surface area contributed by atoms with Crippen LogP contribution in [0.2, 0.25) is 0 Å². The number of carbonyl (C=O) groups excluding carboxylic acids is 2.